The molecule has 2 aromatic rings. The summed E-state index contributed by atoms with van der Waals surface area (Å²) in [6.45, 7) is 5.40. The molecule has 0 saturated carbocycles. The van der Waals surface area contributed by atoms with E-state index in [1.165, 1.54) is 11.0 Å². The van der Waals surface area contributed by atoms with E-state index in [1.54, 1.807) is 44.2 Å². The predicted octanol–water partition coefficient (Wildman–Crippen LogP) is 5.05. The molecule has 0 heterocycles. The van der Waals surface area contributed by atoms with Gasteiger partial charge in [-0.25, -0.2) is 8.42 Å². The Morgan fingerprint density at radius 3 is 2.29 bits per heavy atom. The largest absolute Gasteiger partial charge is 0.354 e. The number of sulfonamides is 1. The van der Waals surface area contributed by atoms with Crippen LogP contribution in [0.4, 0.5) is 5.69 Å². The van der Waals surface area contributed by atoms with Gasteiger partial charge in [0.05, 0.1) is 22.0 Å². The molecule has 0 aliphatic rings. The van der Waals surface area contributed by atoms with Crippen molar-refractivity contribution in [2.24, 2.45) is 0 Å². The number of anilines is 1. The number of hydrogen-bond acceptors (Lipinski definition) is 4. The summed E-state index contributed by atoms with van der Waals surface area (Å²) in [5.74, 6) is -0.896. The molecule has 1 N–H and O–H groups in total. The van der Waals surface area contributed by atoms with Crippen molar-refractivity contribution in [2.45, 2.75) is 46.2 Å². The molecular weight excluding hydrogens is 533 g/mol. The number of unbranched alkanes of at least 4 members (excludes halogenated alkanes) is 1. The Morgan fingerprint density at radius 2 is 1.71 bits per heavy atom. The summed E-state index contributed by atoms with van der Waals surface area (Å²) in [5, 5.41) is 3.87. The summed E-state index contributed by atoms with van der Waals surface area (Å²) in [6, 6.07) is 8.80. The SMILES string of the molecule is CCCCNC(=O)[C@@H](C)N(Cc1ccc(Cl)c(Cl)c1)C(=O)CN(c1ccc(C)c(Cl)c1)S(C)(=O)=O. The molecule has 192 valence electrons. The van der Waals surface area contributed by atoms with Gasteiger partial charge in [-0.3, -0.25) is 13.9 Å². The molecule has 0 radical (unpaired) electrons. The first-order chi connectivity index (χ1) is 16.3. The van der Waals surface area contributed by atoms with Crippen LogP contribution in [0, 0.1) is 6.92 Å². The van der Waals surface area contributed by atoms with Gasteiger partial charge in [0.15, 0.2) is 0 Å². The van der Waals surface area contributed by atoms with Gasteiger partial charge in [0.25, 0.3) is 0 Å². The lowest BCUT2D eigenvalue weighted by atomic mass is 10.1. The van der Waals surface area contributed by atoms with E-state index in [2.05, 4.69) is 5.32 Å². The van der Waals surface area contributed by atoms with Crippen molar-refractivity contribution in [1.82, 2.24) is 10.2 Å². The Balaban J connectivity index is 2.39. The van der Waals surface area contributed by atoms with E-state index in [0.29, 0.717) is 27.2 Å². The Kier molecular flexibility index (Phi) is 10.7. The van der Waals surface area contributed by atoms with Gasteiger partial charge in [0.2, 0.25) is 21.8 Å². The number of hydrogen-bond donors (Lipinski definition) is 1. The minimum atomic E-state index is -3.84. The minimum Gasteiger partial charge on any atom is -0.354 e. The molecule has 0 fully saturated rings. The van der Waals surface area contributed by atoms with Crippen LogP contribution in [0.5, 0.6) is 0 Å². The normalized spacial score (nSPS) is 12.2. The Hall–Kier alpha value is -2.00. The van der Waals surface area contributed by atoms with Crippen molar-refractivity contribution in [3.63, 3.8) is 0 Å². The maximum absolute atomic E-state index is 13.5. The molecule has 0 aliphatic carbocycles. The maximum atomic E-state index is 13.5. The maximum Gasteiger partial charge on any atom is 0.244 e. The number of halogens is 3. The summed E-state index contributed by atoms with van der Waals surface area (Å²) >= 11 is 18.4. The van der Waals surface area contributed by atoms with Gasteiger partial charge in [-0.2, -0.15) is 0 Å². The summed E-state index contributed by atoms with van der Waals surface area (Å²) in [7, 11) is -3.84. The summed E-state index contributed by atoms with van der Waals surface area (Å²) in [4.78, 5) is 27.6. The molecule has 2 aromatic carbocycles. The fourth-order valence-electron chi connectivity index (χ4n) is 3.30. The molecule has 35 heavy (non-hydrogen) atoms. The third kappa shape index (κ3) is 8.27. The van der Waals surface area contributed by atoms with E-state index >= 15 is 0 Å². The molecule has 2 amide bonds. The number of carbonyl (C=O) groups excluding carboxylic acids is 2. The summed E-state index contributed by atoms with van der Waals surface area (Å²) in [5.41, 5.74) is 1.67. The Morgan fingerprint density at radius 1 is 1.03 bits per heavy atom. The second kappa shape index (κ2) is 12.8. The molecule has 1 atom stereocenters. The molecule has 11 heteroatoms. The highest BCUT2D eigenvalue weighted by atomic mass is 35.5. The van der Waals surface area contributed by atoms with Gasteiger partial charge < -0.3 is 10.2 Å². The average molecular weight is 563 g/mol. The van der Waals surface area contributed by atoms with Crippen LogP contribution in [0.15, 0.2) is 36.4 Å². The van der Waals surface area contributed by atoms with Crippen LogP contribution < -0.4 is 9.62 Å². The highest BCUT2D eigenvalue weighted by molar-refractivity contribution is 7.92. The molecule has 0 unspecified atom stereocenters. The van der Waals surface area contributed by atoms with Gasteiger partial charge in [0.1, 0.15) is 12.6 Å². The van der Waals surface area contributed by atoms with Crippen LogP contribution in [-0.4, -0.2) is 50.5 Å². The first kappa shape index (κ1) is 29.2. The number of amides is 2. The molecular formula is C24H30Cl3N3O4S. The van der Waals surface area contributed by atoms with Crippen molar-refractivity contribution in [2.75, 3.05) is 23.7 Å². The van der Waals surface area contributed by atoms with Crippen LogP contribution >= 0.6 is 34.8 Å². The van der Waals surface area contributed by atoms with Crippen molar-refractivity contribution in [1.29, 1.82) is 0 Å². The zero-order valence-electron chi connectivity index (χ0n) is 20.1. The van der Waals surface area contributed by atoms with Gasteiger partial charge in [0, 0.05) is 18.1 Å². The van der Waals surface area contributed by atoms with Crippen molar-refractivity contribution in [3.05, 3.63) is 62.6 Å². The molecule has 0 saturated heterocycles. The lowest BCUT2D eigenvalue weighted by Gasteiger charge is -2.31. The fourth-order valence-corrected chi connectivity index (χ4v) is 4.64. The van der Waals surface area contributed by atoms with E-state index in [1.807, 2.05) is 6.92 Å². The monoisotopic (exact) mass is 561 g/mol. The summed E-state index contributed by atoms with van der Waals surface area (Å²) in [6.07, 6.45) is 2.72. The van der Waals surface area contributed by atoms with Crippen LogP contribution in [0.1, 0.15) is 37.8 Å². The highest BCUT2D eigenvalue weighted by Gasteiger charge is 2.30. The van der Waals surface area contributed by atoms with E-state index in [9.17, 15) is 18.0 Å². The van der Waals surface area contributed by atoms with Crippen molar-refractivity contribution >= 4 is 62.3 Å². The molecule has 2 rings (SSSR count). The zero-order valence-corrected chi connectivity index (χ0v) is 23.2. The van der Waals surface area contributed by atoms with Gasteiger partial charge in [-0.15, -0.1) is 0 Å². The first-order valence-electron chi connectivity index (χ1n) is 11.1. The quantitative estimate of drug-likeness (QED) is 0.388. The number of nitrogens with zero attached hydrogens (tertiary/aromatic N) is 2. The molecule has 0 spiro atoms. The third-order valence-electron chi connectivity index (χ3n) is 5.46. The van der Waals surface area contributed by atoms with Crippen LogP contribution in [0.25, 0.3) is 0 Å². The van der Waals surface area contributed by atoms with E-state index in [4.69, 9.17) is 34.8 Å². The molecule has 0 aromatic heterocycles. The zero-order chi connectivity index (χ0) is 26.3. The van der Waals surface area contributed by atoms with Crippen LogP contribution in [0.3, 0.4) is 0 Å². The Labute approximate surface area is 222 Å². The van der Waals surface area contributed by atoms with Crippen LogP contribution in [0.2, 0.25) is 15.1 Å². The molecule has 7 nitrogen and oxygen atoms in total. The first-order valence-corrected chi connectivity index (χ1v) is 14.1. The molecule has 0 aliphatic heterocycles. The van der Waals surface area contributed by atoms with Gasteiger partial charge in [-0.05, 0) is 55.7 Å². The number of rotatable bonds is 11. The lowest BCUT2D eigenvalue weighted by molar-refractivity contribution is -0.139. The fraction of sp³-hybridized carbons (Fsp3) is 0.417. The third-order valence-corrected chi connectivity index (χ3v) is 7.74. The smallest absolute Gasteiger partial charge is 0.244 e. The lowest BCUT2D eigenvalue weighted by Crippen LogP contribution is -2.51. The summed E-state index contributed by atoms with van der Waals surface area (Å²) < 4.78 is 26.2. The second-order valence-corrected chi connectivity index (χ2v) is 11.4. The standard InChI is InChI=1S/C24H30Cl3N3O4S/c1-5-6-11-28-24(32)17(3)29(14-18-8-10-20(25)22(27)12-18)23(31)15-30(35(4,33)34)19-9-7-16(2)21(26)13-19/h7-10,12-13,17H,5-6,11,14-15H2,1-4H3,(H,28,32)/t17-/m1/s1. The second-order valence-electron chi connectivity index (χ2n) is 8.29. The average Bonchev–Trinajstić information content (AvgIpc) is 2.78. The topological polar surface area (TPSA) is 86.8 Å². The highest BCUT2D eigenvalue weighted by Crippen LogP contribution is 2.26. The Bertz CT molecular complexity index is 1170. The number of aryl methyl sites for hydroxylation is 1. The number of benzene rings is 2. The van der Waals surface area contributed by atoms with E-state index in [-0.39, 0.29) is 18.1 Å². The van der Waals surface area contributed by atoms with E-state index in [0.717, 1.165) is 29.0 Å². The van der Waals surface area contributed by atoms with Crippen LogP contribution in [-0.2, 0) is 26.2 Å². The minimum absolute atomic E-state index is 0.0321. The van der Waals surface area contributed by atoms with Gasteiger partial charge in [-0.1, -0.05) is 60.3 Å². The van der Waals surface area contributed by atoms with E-state index < -0.39 is 28.5 Å². The van der Waals surface area contributed by atoms with Gasteiger partial charge >= 0.3 is 0 Å². The predicted molar refractivity (Wildman–Crippen MR) is 143 cm³/mol. The number of carbonyl (C=O) groups is 2. The number of nitrogens with one attached hydrogen (secondary N) is 1. The van der Waals surface area contributed by atoms with Crippen molar-refractivity contribution < 1.29 is 18.0 Å². The van der Waals surface area contributed by atoms with Crippen molar-refractivity contribution in [3.8, 4) is 0 Å². The molecule has 0 bridgehead atoms.